The average Bonchev–Trinajstić information content (AvgIpc) is 2.93. The SMILES string of the molecule is CC(Nc1cccc(-n2cccn2)c1)C1(C)CC1. The largest absolute Gasteiger partial charge is 0.382 e. The fraction of sp³-hybridized carbons (Fsp3) is 0.400. The van der Waals surface area contributed by atoms with Crippen LogP contribution in [0.25, 0.3) is 5.69 Å². The maximum absolute atomic E-state index is 4.26. The van der Waals surface area contributed by atoms with Crippen LogP contribution in [0.1, 0.15) is 26.7 Å². The minimum atomic E-state index is 0.488. The van der Waals surface area contributed by atoms with Crippen molar-refractivity contribution in [2.24, 2.45) is 5.41 Å². The first-order chi connectivity index (χ1) is 8.67. The van der Waals surface area contributed by atoms with Gasteiger partial charge in [-0.25, -0.2) is 4.68 Å². The van der Waals surface area contributed by atoms with Gasteiger partial charge in [0.1, 0.15) is 0 Å². The summed E-state index contributed by atoms with van der Waals surface area (Å²) in [7, 11) is 0. The Kier molecular flexibility index (Phi) is 2.62. The van der Waals surface area contributed by atoms with Crippen molar-refractivity contribution in [3.8, 4) is 5.69 Å². The minimum Gasteiger partial charge on any atom is -0.382 e. The third kappa shape index (κ3) is 2.13. The standard InChI is InChI=1S/C15H19N3/c1-12(15(2)7-8-15)17-13-5-3-6-14(11-13)18-10-4-9-16-18/h3-6,9-12,17H,7-8H2,1-2H3. The van der Waals surface area contributed by atoms with Crippen molar-refractivity contribution in [1.82, 2.24) is 9.78 Å². The van der Waals surface area contributed by atoms with Gasteiger partial charge in [0.05, 0.1) is 5.69 Å². The lowest BCUT2D eigenvalue weighted by atomic mass is 10.0. The number of benzene rings is 1. The molecular weight excluding hydrogens is 222 g/mol. The van der Waals surface area contributed by atoms with E-state index in [4.69, 9.17) is 0 Å². The van der Waals surface area contributed by atoms with Gasteiger partial charge in [0, 0.05) is 24.1 Å². The van der Waals surface area contributed by atoms with Gasteiger partial charge in [-0.05, 0) is 49.4 Å². The van der Waals surface area contributed by atoms with E-state index in [1.165, 1.54) is 18.5 Å². The Morgan fingerprint density at radius 3 is 2.83 bits per heavy atom. The molecule has 1 saturated carbocycles. The van der Waals surface area contributed by atoms with Gasteiger partial charge in [-0.3, -0.25) is 0 Å². The highest BCUT2D eigenvalue weighted by molar-refractivity contribution is 5.51. The Morgan fingerprint density at radius 1 is 1.33 bits per heavy atom. The van der Waals surface area contributed by atoms with Crippen molar-refractivity contribution in [2.75, 3.05) is 5.32 Å². The molecule has 1 aliphatic rings. The zero-order valence-corrected chi connectivity index (χ0v) is 10.9. The lowest BCUT2D eigenvalue weighted by Crippen LogP contribution is -2.24. The van der Waals surface area contributed by atoms with Crippen LogP contribution in [-0.2, 0) is 0 Å². The monoisotopic (exact) mass is 241 g/mol. The van der Waals surface area contributed by atoms with Crippen LogP contribution in [0.3, 0.4) is 0 Å². The summed E-state index contributed by atoms with van der Waals surface area (Å²) in [6, 6.07) is 10.9. The molecule has 94 valence electrons. The van der Waals surface area contributed by atoms with E-state index in [9.17, 15) is 0 Å². The first kappa shape index (κ1) is 11.3. The van der Waals surface area contributed by atoms with Crippen molar-refractivity contribution >= 4 is 5.69 Å². The summed E-state index contributed by atoms with van der Waals surface area (Å²) in [5.41, 5.74) is 2.75. The second-order valence-electron chi connectivity index (χ2n) is 5.52. The number of hydrogen-bond donors (Lipinski definition) is 1. The molecular formula is C15H19N3. The highest BCUT2D eigenvalue weighted by atomic mass is 15.3. The fourth-order valence-electron chi connectivity index (χ4n) is 2.21. The molecule has 0 radical (unpaired) electrons. The van der Waals surface area contributed by atoms with E-state index in [-0.39, 0.29) is 0 Å². The van der Waals surface area contributed by atoms with E-state index in [2.05, 4.69) is 48.5 Å². The van der Waals surface area contributed by atoms with Crippen LogP contribution >= 0.6 is 0 Å². The van der Waals surface area contributed by atoms with Crippen LogP contribution in [0.5, 0.6) is 0 Å². The Hall–Kier alpha value is -1.77. The fourth-order valence-corrected chi connectivity index (χ4v) is 2.21. The normalized spacial score (nSPS) is 18.3. The van der Waals surface area contributed by atoms with E-state index in [1.54, 1.807) is 6.20 Å². The Morgan fingerprint density at radius 2 is 2.17 bits per heavy atom. The maximum atomic E-state index is 4.26. The predicted octanol–water partition coefficient (Wildman–Crippen LogP) is 3.47. The molecule has 0 saturated heterocycles. The molecule has 1 N–H and O–H groups in total. The Bertz CT molecular complexity index is 526. The van der Waals surface area contributed by atoms with E-state index in [0.29, 0.717) is 11.5 Å². The summed E-state index contributed by atoms with van der Waals surface area (Å²) in [6.45, 7) is 4.62. The van der Waals surface area contributed by atoms with E-state index < -0.39 is 0 Å². The maximum Gasteiger partial charge on any atom is 0.0666 e. The lowest BCUT2D eigenvalue weighted by Gasteiger charge is -2.21. The average molecular weight is 241 g/mol. The van der Waals surface area contributed by atoms with Gasteiger partial charge < -0.3 is 5.32 Å². The number of hydrogen-bond acceptors (Lipinski definition) is 2. The molecule has 1 unspecified atom stereocenters. The van der Waals surface area contributed by atoms with Crippen LogP contribution < -0.4 is 5.32 Å². The van der Waals surface area contributed by atoms with E-state index in [0.717, 1.165) is 5.69 Å². The van der Waals surface area contributed by atoms with Crippen LogP contribution in [0.15, 0.2) is 42.7 Å². The number of aromatic nitrogens is 2. The molecule has 1 aliphatic carbocycles. The predicted molar refractivity (Wildman–Crippen MR) is 74.0 cm³/mol. The summed E-state index contributed by atoms with van der Waals surface area (Å²) in [5.74, 6) is 0. The van der Waals surface area contributed by atoms with Gasteiger partial charge in [0.2, 0.25) is 0 Å². The highest BCUT2D eigenvalue weighted by Gasteiger charge is 2.42. The van der Waals surface area contributed by atoms with Crippen molar-refractivity contribution in [2.45, 2.75) is 32.7 Å². The van der Waals surface area contributed by atoms with Crippen molar-refractivity contribution < 1.29 is 0 Å². The van der Waals surface area contributed by atoms with Gasteiger partial charge in [-0.1, -0.05) is 13.0 Å². The highest BCUT2D eigenvalue weighted by Crippen LogP contribution is 2.48. The Labute approximate surface area is 108 Å². The summed E-state index contributed by atoms with van der Waals surface area (Å²) >= 11 is 0. The van der Waals surface area contributed by atoms with Gasteiger partial charge in [0.15, 0.2) is 0 Å². The quantitative estimate of drug-likeness (QED) is 0.888. The van der Waals surface area contributed by atoms with Crippen LogP contribution in [-0.4, -0.2) is 15.8 Å². The summed E-state index contributed by atoms with van der Waals surface area (Å²) in [4.78, 5) is 0. The molecule has 18 heavy (non-hydrogen) atoms. The molecule has 1 aromatic heterocycles. The lowest BCUT2D eigenvalue weighted by molar-refractivity contribution is 0.493. The molecule has 0 bridgehead atoms. The summed E-state index contributed by atoms with van der Waals surface area (Å²) in [5, 5.41) is 7.86. The summed E-state index contributed by atoms with van der Waals surface area (Å²) < 4.78 is 1.88. The molecule has 1 fully saturated rings. The van der Waals surface area contributed by atoms with Gasteiger partial charge in [-0.15, -0.1) is 0 Å². The van der Waals surface area contributed by atoms with E-state index >= 15 is 0 Å². The molecule has 3 nitrogen and oxygen atoms in total. The van der Waals surface area contributed by atoms with Crippen molar-refractivity contribution in [1.29, 1.82) is 0 Å². The molecule has 1 atom stereocenters. The van der Waals surface area contributed by atoms with E-state index in [1.807, 2.05) is 16.9 Å². The second-order valence-corrected chi connectivity index (χ2v) is 5.52. The molecule has 2 aromatic rings. The minimum absolute atomic E-state index is 0.488. The van der Waals surface area contributed by atoms with Crippen LogP contribution in [0.4, 0.5) is 5.69 Å². The summed E-state index contributed by atoms with van der Waals surface area (Å²) in [6.07, 6.45) is 6.43. The third-order valence-electron chi connectivity index (χ3n) is 4.08. The topological polar surface area (TPSA) is 29.9 Å². The zero-order chi connectivity index (χ0) is 12.6. The number of anilines is 1. The molecule has 0 aliphatic heterocycles. The number of rotatable bonds is 4. The second kappa shape index (κ2) is 4.16. The Balaban J connectivity index is 1.79. The number of nitrogens with one attached hydrogen (secondary N) is 1. The molecule has 1 heterocycles. The van der Waals surface area contributed by atoms with Crippen molar-refractivity contribution in [3.05, 3.63) is 42.7 Å². The van der Waals surface area contributed by atoms with Crippen LogP contribution in [0.2, 0.25) is 0 Å². The van der Waals surface area contributed by atoms with Gasteiger partial charge in [-0.2, -0.15) is 5.10 Å². The first-order valence-corrected chi connectivity index (χ1v) is 6.54. The number of nitrogens with zero attached hydrogens (tertiary/aromatic N) is 2. The molecule has 3 heteroatoms. The first-order valence-electron chi connectivity index (χ1n) is 6.54. The van der Waals surface area contributed by atoms with Crippen LogP contribution in [0, 0.1) is 5.41 Å². The van der Waals surface area contributed by atoms with Gasteiger partial charge >= 0.3 is 0 Å². The molecule has 3 rings (SSSR count). The van der Waals surface area contributed by atoms with Gasteiger partial charge in [0.25, 0.3) is 0 Å². The zero-order valence-electron chi connectivity index (χ0n) is 10.9. The molecule has 1 aromatic carbocycles. The molecule has 0 amide bonds. The third-order valence-corrected chi connectivity index (χ3v) is 4.08. The molecule has 0 spiro atoms. The smallest absolute Gasteiger partial charge is 0.0666 e. The van der Waals surface area contributed by atoms with Crippen molar-refractivity contribution in [3.63, 3.8) is 0 Å².